The Morgan fingerprint density at radius 1 is 1.29 bits per heavy atom. The molecule has 1 heterocycles. The van der Waals surface area contributed by atoms with Gasteiger partial charge in [0, 0.05) is 41.3 Å². The van der Waals surface area contributed by atoms with E-state index in [0.717, 1.165) is 11.6 Å². The molecule has 0 bridgehead atoms. The summed E-state index contributed by atoms with van der Waals surface area (Å²) in [5.74, 6) is 0. The van der Waals surface area contributed by atoms with Crippen molar-refractivity contribution < 1.29 is 0 Å². The van der Waals surface area contributed by atoms with Gasteiger partial charge >= 0.3 is 0 Å². The molecule has 0 aliphatic carbocycles. The first-order valence-electron chi connectivity index (χ1n) is 5.85. The van der Waals surface area contributed by atoms with Crippen LogP contribution in [-0.2, 0) is 13.6 Å². The average molecular weight is 251 g/mol. The Morgan fingerprint density at radius 2 is 2.00 bits per heavy atom. The van der Waals surface area contributed by atoms with E-state index < -0.39 is 0 Å². The maximum Gasteiger partial charge on any atom is 0.0495 e. The van der Waals surface area contributed by atoms with Gasteiger partial charge in [0.1, 0.15) is 0 Å². The van der Waals surface area contributed by atoms with E-state index in [-0.39, 0.29) is 5.54 Å². The average Bonchev–Trinajstić information content (AvgIpc) is 2.52. The predicted octanol–water partition coefficient (Wildman–Crippen LogP) is 3.72. The van der Waals surface area contributed by atoms with Crippen LogP contribution >= 0.6 is 11.6 Å². The van der Waals surface area contributed by atoms with Crippen molar-refractivity contribution in [2.24, 2.45) is 7.05 Å². The second kappa shape index (κ2) is 4.35. The molecule has 0 aliphatic rings. The molecule has 2 aromatic rings. The molecule has 0 saturated heterocycles. The van der Waals surface area contributed by atoms with Crippen LogP contribution < -0.4 is 5.32 Å². The number of fused-ring (bicyclic) bond motifs is 1. The van der Waals surface area contributed by atoms with E-state index in [1.165, 1.54) is 16.5 Å². The summed E-state index contributed by atoms with van der Waals surface area (Å²) in [6.45, 7) is 7.40. The Balaban J connectivity index is 2.36. The summed E-state index contributed by atoms with van der Waals surface area (Å²) in [7, 11) is 2.05. The van der Waals surface area contributed by atoms with E-state index in [2.05, 4.69) is 50.0 Å². The lowest BCUT2D eigenvalue weighted by Gasteiger charge is -2.20. The molecule has 0 saturated carbocycles. The zero-order valence-electron chi connectivity index (χ0n) is 10.8. The quantitative estimate of drug-likeness (QED) is 0.860. The number of hydrogen-bond acceptors (Lipinski definition) is 1. The van der Waals surface area contributed by atoms with Gasteiger partial charge in [-0.25, -0.2) is 0 Å². The van der Waals surface area contributed by atoms with Crippen molar-refractivity contribution >= 4 is 22.5 Å². The molecule has 0 spiro atoms. The Bertz CT molecular complexity index is 535. The number of rotatable bonds is 2. The second-order valence-corrected chi connectivity index (χ2v) is 5.97. The van der Waals surface area contributed by atoms with Gasteiger partial charge in [0.25, 0.3) is 0 Å². The Morgan fingerprint density at radius 3 is 2.65 bits per heavy atom. The zero-order chi connectivity index (χ0) is 12.6. The topological polar surface area (TPSA) is 17.0 Å². The van der Waals surface area contributed by atoms with E-state index in [1.807, 2.05) is 12.1 Å². The van der Waals surface area contributed by atoms with Crippen LogP contribution in [0.5, 0.6) is 0 Å². The third kappa shape index (κ3) is 2.82. The largest absolute Gasteiger partial charge is 0.350 e. The lowest BCUT2D eigenvalue weighted by molar-refractivity contribution is 0.425. The lowest BCUT2D eigenvalue weighted by atomic mass is 10.1. The molecule has 0 unspecified atom stereocenters. The van der Waals surface area contributed by atoms with Crippen LogP contribution in [0, 0.1) is 0 Å². The van der Waals surface area contributed by atoms with Crippen LogP contribution in [0.15, 0.2) is 24.4 Å². The Hall–Kier alpha value is -0.990. The van der Waals surface area contributed by atoms with Crippen LogP contribution in [0.2, 0.25) is 5.02 Å². The van der Waals surface area contributed by atoms with E-state index in [9.17, 15) is 0 Å². The molecule has 0 radical (unpaired) electrons. The maximum atomic E-state index is 6.02. The molecule has 0 aliphatic heterocycles. The number of benzene rings is 1. The summed E-state index contributed by atoms with van der Waals surface area (Å²) in [6.07, 6.45) is 2.17. The SMILES string of the molecule is Cn1cc(CNC(C)(C)C)c2ccc(Cl)cc21. The third-order valence-electron chi connectivity index (χ3n) is 2.84. The molecule has 0 amide bonds. The molecule has 1 N–H and O–H groups in total. The van der Waals surface area contributed by atoms with Crippen LogP contribution in [0.4, 0.5) is 0 Å². The van der Waals surface area contributed by atoms with Crippen molar-refractivity contribution in [3.05, 3.63) is 35.0 Å². The first-order chi connectivity index (χ1) is 7.87. The predicted molar refractivity (Wildman–Crippen MR) is 74.5 cm³/mol. The van der Waals surface area contributed by atoms with Crippen LogP contribution in [0.25, 0.3) is 10.9 Å². The van der Waals surface area contributed by atoms with E-state index in [4.69, 9.17) is 11.6 Å². The minimum Gasteiger partial charge on any atom is -0.350 e. The summed E-state index contributed by atoms with van der Waals surface area (Å²) in [6, 6.07) is 6.05. The van der Waals surface area contributed by atoms with Crippen molar-refractivity contribution in [1.82, 2.24) is 9.88 Å². The van der Waals surface area contributed by atoms with Gasteiger partial charge in [-0.05, 0) is 38.5 Å². The zero-order valence-corrected chi connectivity index (χ0v) is 11.6. The summed E-state index contributed by atoms with van der Waals surface area (Å²) < 4.78 is 2.13. The van der Waals surface area contributed by atoms with Crippen molar-refractivity contribution in [3.8, 4) is 0 Å². The van der Waals surface area contributed by atoms with Crippen molar-refractivity contribution in [2.75, 3.05) is 0 Å². The second-order valence-electron chi connectivity index (χ2n) is 5.53. The van der Waals surface area contributed by atoms with Crippen molar-refractivity contribution in [3.63, 3.8) is 0 Å². The monoisotopic (exact) mass is 250 g/mol. The molecule has 0 atom stereocenters. The van der Waals surface area contributed by atoms with Gasteiger partial charge in [-0.1, -0.05) is 17.7 Å². The van der Waals surface area contributed by atoms with E-state index >= 15 is 0 Å². The molecular weight excluding hydrogens is 232 g/mol. The van der Waals surface area contributed by atoms with Gasteiger partial charge in [-0.2, -0.15) is 0 Å². The number of aromatic nitrogens is 1. The summed E-state index contributed by atoms with van der Waals surface area (Å²) in [4.78, 5) is 0. The number of nitrogens with zero attached hydrogens (tertiary/aromatic N) is 1. The Kier molecular flexibility index (Phi) is 3.19. The van der Waals surface area contributed by atoms with E-state index in [1.54, 1.807) is 0 Å². The van der Waals surface area contributed by atoms with Crippen molar-refractivity contribution in [1.29, 1.82) is 0 Å². The smallest absolute Gasteiger partial charge is 0.0495 e. The molecule has 0 fully saturated rings. The fourth-order valence-electron chi connectivity index (χ4n) is 1.94. The molecule has 92 valence electrons. The van der Waals surface area contributed by atoms with Gasteiger partial charge in [0.15, 0.2) is 0 Å². The first-order valence-corrected chi connectivity index (χ1v) is 6.23. The molecular formula is C14H19ClN2. The molecule has 2 nitrogen and oxygen atoms in total. The van der Waals surface area contributed by atoms with Crippen LogP contribution in [0.1, 0.15) is 26.3 Å². The first kappa shape index (κ1) is 12.5. The van der Waals surface area contributed by atoms with Crippen molar-refractivity contribution in [2.45, 2.75) is 32.9 Å². The van der Waals surface area contributed by atoms with Gasteiger partial charge in [0.2, 0.25) is 0 Å². The summed E-state index contributed by atoms with van der Waals surface area (Å²) in [5.41, 5.74) is 2.63. The fraction of sp³-hybridized carbons (Fsp3) is 0.429. The molecule has 1 aromatic heterocycles. The van der Waals surface area contributed by atoms with E-state index in [0.29, 0.717) is 0 Å². The molecule has 17 heavy (non-hydrogen) atoms. The maximum absolute atomic E-state index is 6.02. The highest BCUT2D eigenvalue weighted by molar-refractivity contribution is 6.31. The van der Waals surface area contributed by atoms with Crippen LogP contribution in [-0.4, -0.2) is 10.1 Å². The minimum atomic E-state index is 0.134. The normalized spacial score (nSPS) is 12.3. The third-order valence-corrected chi connectivity index (χ3v) is 3.08. The Labute approximate surface area is 108 Å². The number of nitrogens with one attached hydrogen (secondary N) is 1. The number of halogens is 1. The molecule has 1 aromatic carbocycles. The van der Waals surface area contributed by atoms with Crippen LogP contribution in [0.3, 0.4) is 0 Å². The standard InChI is InChI=1S/C14H19ClN2/c1-14(2,3)16-8-10-9-17(4)13-7-11(15)5-6-12(10)13/h5-7,9,16H,8H2,1-4H3. The van der Waals surface area contributed by atoms with Gasteiger partial charge < -0.3 is 9.88 Å². The highest BCUT2D eigenvalue weighted by Gasteiger charge is 2.11. The highest BCUT2D eigenvalue weighted by atomic mass is 35.5. The highest BCUT2D eigenvalue weighted by Crippen LogP contribution is 2.24. The molecule has 2 rings (SSSR count). The summed E-state index contributed by atoms with van der Waals surface area (Å²) >= 11 is 6.02. The number of hydrogen-bond donors (Lipinski definition) is 1. The number of aryl methyl sites for hydroxylation is 1. The fourth-order valence-corrected chi connectivity index (χ4v) is 2.11. The molecule has 3 heteroatoms. The van der Waals surface area contributed by atoms with Gasteiger partial charge in [0.05, 0.1) is 0 Å². The summed E-state index contributed by atoms with van der Waals surface area (Å²) in [5, 5.41) is 5.57. The van der Waals surface area contributed by atoms with Gasteiger partial charge in [-0.3, -0.25) is 0 Å². The minimum absolute atomic E-state index is 0.134. The lowest BCUT2D eigenvalue weighted by Crippen LogP contribution is -2.34. The van der Waals surface area contributed by atoms with Gasteiger partial charge in [-0.15, -0.1) is 0 Å².